The van der Waals surface area contributed by atoms with Crippen molar-refractivity contribution in [1.29, 1.82) is 0 Å². The number of halogens is 1. The average Bonchev–Trinajstić information content (AvgIpc) is 2.15. The van der Waals surface area contributed by atoms with Gasteiger partial charge in [-0.05, 0) is 13.0 Å². The van der Waals surface area contributed by atoms with Gasteiger partial charge in [0.1, 0.15) is 0 Å². The summed E-state index contributed by atoms with van der Waals surface area (Å²) in [5.41, 5.74) is 1.40. The first kappa shape index (κ1) is 11.5. The van der Waals surface area contributed by atoms with Gasteiger partial charge >= 0.3 is 0 Å². The molecule has 0 heterocycles. The van der Waals surface area contributed by atoms with Crippen LogP contribution in [-0.4, -0.2) is 11.5 Å². The van der Waals surface area contributed by atoms with E-state index in [0.717, 1.165) is 0 Å². The van der Waals surface area contributed by atoms with Gasteiger partial charge in [-0.25, -0.2) is 0 Å². The van der Waals surface area contributed by atoms with Gasteiger partial charge in [-0.1, -0.05) is 24.2 Å². The number of benzene rings is 1. The number of hydrogen-bond acceptors (Lipinski definition) is 3. The second-order valence-corrected chi connectivity index (χ2v) is 3.61. The summed E-state index contributed by atoms with van der Waals surface area (Å²) < 4.78 is 0. The van der Waals surface area contributed by atoms with Crippen LogP contribution in [0.1, 0.15) is 5.56 Å². The van der Waals surface area contributed by atoms with Crippen LogP contribution < -0.4 is 5.32 Å². The molecule has 0 atom stereocenters. The second kappa shape index (κ2) is 4.79. The number of rotatable bonds is 4. The molecule has 1 aromatic carbocycles. The van der Waals surface area contributed by atoms with Crippen molar-refractivity contribution in [3.63, 3.8) is 0 Å². The molecule has 1 N–H and O–H groups in total. The van der Waals surface area contributed by atoms with E-state index in [2.05, 4.69) is 11.9 Å². The summed E-state index contributed by atoms with van der Waals surface area (Å²) in [6.07, 6.45) is 0. The Morgan fingerprint density at radius 3 is 2.87 bits per heavy atom. The first-order chi connectivity index (χ1) is 7.02. The summed E-state index contributed by atoms with van der Waals surface area (Å²) >= 11 is 5.59. The van der Waals surface area contributed by atoms with E-state index in [1.54, 1.807) is 19.1 Å². The second-order valence-electron chi connectivity index (χ2n) is 3.08. The Morgan fingerprint density at radius 1 is 1.67 bits per heavy atom. The highest BCUT2D eigenvalue weighted by atomic mass is 35.5. The third kappa shape index (κ3) is 2.95. The Kier molecular flexibility index (Phi) is 3.68. The molecule has 0 saturated heterocycles. The molecule has 0 aliphatic rings. The molecule has 0 amide bonds. The Labute approximate surface area is 92.7 Å². The maximum atomic E-state index is 10.6. The molecular weight excluding hydrogens is 216 g/mol. The van der Waals surface area contributed by atoms with E-state index in [1.807, 2.05) is 0 Å². The van der Waals surface area contributed by atoms with Crippen molar-refractivity contribution >= 4 is 23.0 Å². The lowest BCUT2D eigenvalue weighted by Crippen LogP contribution is -2.03. The van der Waals surface area contributed by atoms with Gasteiger partial charge in [0, 0.05) is 22.3 Å². The minimum absolute atomic E-state index is 0.0974. The molecule has 0 bridgehead atoms. The van der Waals surface area contributed by atoms with Gasteiger partial charge in [-0.2, -0.15) is 0 Å². The summed E-state index contributed by atoms with van der Waals surface area (Å²) in [6.45, 7) is 5.61. The molecule has 0 aliphatic heterocycles. The zero-order valence-corrected chi connectivity index (χ0v) is 9.04. The van der Waals surface area contributed by atoms with Crippen molar-refractivity contribution in [2.45, 2.75) is 6.92 Å². The lowest BCUT2D eigenvalue weighted by molar-refractivity contribution is -0.385. The molecule has 0 aliphatic carbocycles. The molecule has 1 rings (SSSR count). The predicted molar refractivity (Wildman–Crippen MR) is 61.3 cm³/mol. The van der Waals surface area contributed by atoms with Gasteiger partial charge < -0.3 is 5.32 Å². The first-order valence-corrected chi connectivity index (χ1v) is 4.71. The van der Waals surface area contributed by atoms with Crippen molar-refractivity contribution in [2.24, 2.45) is 0 Å². The maximum Gasteiger partial charge on any atom is 0.274 e. The van der Waals surface area contributed by atoms with Gasteiger partial charge in [0.25, 0.3) is 5.69 Å². The fourth-order valence-corrected chi connectivity index (χ4v) is 1.27. The molecule has 0 aromatic heterocycles. The monoisotopic (exact) mass is 226 g/mol. The zero-order chi connectivity index (χ0) is 11.4. The molecule has 5 heteroatoms. The van der Waals surface area contributed by atoms with E-state index in [9.17, 15) is 10.1 Å². The molecule has 0 unspecified atom stereocenters. The van der Waals surface area contributed by atoms with Gasteiger partial charge in [-0.15, -0.1) is 0 Å². The molecule has 1 aromatic rings. The predicted octanol–water partition coefficient (Wildman–Crippen LogP) is 3.07. The highest BCUT2D eigenvalue weighted by molar-refractivity contribution is 6.29. The number of anilines is 1. The summed E-state index contributed by atoms with van der Waals surface area (Å²) in [5, 5.41) is 14.1. The Morgan fingerprint density at radius 2 is 2.33 bits per heavy atom. The average molecular weight is 227 g/mol. The molecular formula is C10H11ClN2O2. The number of nitrogens with one attached hydrogen (secondary N) is 1. The lowest BCUT2D eigenvalue weighted by atomic mass is 10.1. The van der Waals surface area contributed by atoms with Gasteiger partial charge in [0.15, 0.2) is 0 Å². The van der Waals surface area contributed by atoms with E-state index in [1.165, 1.54) is 6.07 Å². The number of nitrogens with zero attached hydrogens (tertiary/aromatic N) is 1. The van der Waals surface area contributed by atoms with Crippen LogP contribution in [0.15, 0.2) is 29.8 Å². The summed E-state index contributed by atoms with van der Waals surface area (Å²) in [7, 11) is 0. The minimum Gasteiger partial charge on any atom is -0.380 e. The Bertz CT molecular complexity index is 404. The van der Waals surface area contributed by atoms with E-state index < -0.39 is 4.92 Å². The lowest BCUT2D eigenvalue weighted by Gasteiger charge is -2.08. The van der Waals surface area contributed by atoms with Crippen LogP contribution in [-0.2, 0) is 0 Å². The fourth-order valence-electron chi connectivity index (χ4n) is 1.20. The van der Waals surface area contributed by atoms with Crippen LogP contribution in [0, 0.1) is 17.0 Å². The van der Waals surface area contributed by atoms with Gasteiger partial charge in [0.05, 0.1) is 11.5 Å². The van der Waals surface area contributed by atoms with Gasteiger partial charge in [-0.3, -0.25) is 10.1 Å². The quantitative estimate of drug-likeness (QED) is 0.634. The summed E-state index contributed by atoms with van der Waals surface area (Å²) in [4.78, 5) is 10.2. The standard InChI is InChI=1S/C10H11ClN2O2/c1-7(11)6-12-9-4-3-5-10(8(9)2)13(14)15/h3-5,12H,1,6H2,2H3. The molecule has 0 fully saturated rings. The molecule has 4 nitrogen and oxygen atoms in total. The van der Waals surface area contributed by atoms with E-state index in [-0.39, 0.29) is 5.69 Å². The van der Waals surface area contributed by atoms with Crippen LogP contribution in [0.4, 0.5) is 11.4 Å². The maximum absolute atomic E-state index is 10.6. The molecule has 15 heavy (non-hydrogen) atoms. The molecule has 0 saturated carbocycles. The van der Waals surface area contributed by atoms with E-state index in [0.29, 0.717) is 22.8 Å². The molecule has 0 spiro atoms. The SMILES string of the molecule is C=C(Cl)CNc1cccc([N+](=O)[O-])c1C. The van der Waals surface area contributed by atoms with Crippen molar-refractivity contribution < 1.29 is 4.92 Å². The third-order valence-electron chi connectivity index (χ3n) is 1.97. The van der Waals surface area contributed by atoms with E-state index >= 15 is 0 Å². The van der Waals surface area contributed by atoms with Crippen molar-refractivity contribution in [3.05, 3.63) is 45.5 Å². The van der Waals surface area contributed by atoms with Crippen LogP contribution in [0.3, 0.4) is 0 Å². The summed E-state index contributed by atoms with van der Waals surface area (Å²) in [6, 6.07) is 4.86. The van der Waals surface area contributed by atoms with Crippen LogP contribution in [0.2, 0.25) is 0 Å². The fraction of sp³-hybridized carbons (Fsp3) is 0.200. The first-order valence-electron chi connectivity index (χ1n) is 4.33. The largest absolute Gasteiger partial charge is 0.380 e. The van der Waals surface area contributed by atoms with E-state index in [4.69, 9.17) is 11.6 Å². The molecule has 0 radical (unpaired) electrons. The van der Waals surface area contributed by atoms with Crippen LogP contribution in [0.25, 0.3) is 0 Å². The van der Waals surface area contributed by atoms with Crippen molar-refractivity contribution in [1.82, 2.24) is 0 Å². The number of nitro groups is 1. The van der Waals surface area contributed by atoms with Gasteiger partial charge in [0.2, 0.25) is 0 Å². The highest BCUT2D eigenvalue weighted by Crippen LogP contribution is 2.25. The van der Waals surface area contributed by atoms with Crippen molar-refractivity contribution in [3.8, 4) is 0 Å². The third-order valence-corrected chi connectivity index (χ3v) is 2.11. The zero-order valence-electron chi connectivity index (χ0n) is 8.29. The number of nitro benzene ring substituents is 1. The van der Waals surface area contributed by atoms with Crippen molar-refractivity contribution in [2.75, 3.05) is 11.9 Å². The summed E-state index contributed by atoms with van der Waals surface area (Å²) in [5.74, 6) is 0. The smallest absolute Gasteiger partial charge is 0.274 e. The minimum atomic E-state index is -0.407. The normalized spacial score (nSPS) is 9.73. The Balaban J connectivity index is 2.94. The highest BCUT2D eigenvalue weighted by Gasteiger charge is 2.12. The molecule has 80 valence electrons. The number of hydrogen-bond donors (Lipinski definition) is 1. The topological polar surface area (TPSA) is 55.2 Å². The van der Waals surface area contributed by atoms with Crippen LogP contribution >= 0.6 is 11.6 Å². The Hall–Kier alpha value is -1.55. The van der Waals surface area contributed by atoms with Crippen LogP contribution in [0.5, 0.6) is 0 Å².